The Hall–Kier alpha value is -3.90. The zero-order valence-electron chi connectivity index (χ0n) is 21.7. The van der Waals surface area contributed by atoms with Crippen molar-refractivity contribution < 1.29 is 19.4 Å². The lowest BCUT2D eigenvalue weighted by molar-refractivity contribution is -0.140. The number of likely N-dealkylation sites (N-methyl/N-ethyl adjacent to an activating group) is 1. The minimum atomic E-state index is -0.661. The van der Waals surface area contributed by atoms with Gasteiger partial charge in [0.1, 0.15) is 18.1 Å². The molecule has 1 aliphatic rings. The van der Waals surface area contributed by atoms with E-state index in [2.05, 4.69) is 24.8 Å². The molecule has 4 rings (SSSR count). The molecule has 0 bridgehead atoms. The van der Waals surface area contributed by atoms with Crippen LogP contribution in [0.2, 0.25) is 0 Å². The van der Waals surface area contributed by atoms with Crippen LogP contribution in [0.15, 0.2) is 84.4 Å². The number of carbonyl (C=O) groups is 2. The summed E-state index contributed by atoms with van der Waals surface area (Å²) >= 11 is 0. The molecule has 0 radical (unpaired) electrons. The smallest absolute Gasteiger partial charge is 0.295 e. The Labute approximate surface area is 218 Å². The van der Waals surface area contributed by atoms with E-state index >= 15 is 0 Å². The van der Waals surface area contributed by atoms with E-state index in [1.54, 1.807) is 29.2 Å². The first kappa shape index (κ1) is 26.2. The Morgan fingerprint density at radius 2 is 1.65 bits per heavy atom. The summed E-state index contributed by atoms with van der Waals surface area (Å²) in [6.45, 7) is 9.37. The Balaban J connectivity index is 1.61. The molecule has 1 fully saturated rings. The Bertz CT molecular complexity index is 1260. The minimum Gasteiger partial charge on any atom is -0.507 e. The van der Waals surface area contributed by atoms with Crippen molar-refractivity contribution in [1.82, 2.24) is 9.80 Å². The first-order valence-corrected chi connectivity index (χ1v) is 12.8. The predicted molar refractivity (Wildman–Crippen MR) is 145 cm³/mol. The highest BCUT2D eigenvalue weighted by Crippen LogP contribution is 2.39. The minimum absolute atomic E-state index is 0.115. The molecule has 0 aromatic heterocycles. The van der Waals surface area contributed by atoms with E-state index < -0.39 is 17.7 Å². The second-order valence-electron chi connectivity index (χ2n) is 9.23. The number of likely N-dealkylation sites (tertiary alicyclic amines) is 1. The summed E-state index contributed by atoms with van der Waals surface area (Å²) < 4.78 is 5.90. The number of ether oxygens (including phenoxy) is 1. The van der Waals surface area contributed by atoms with Crippen LogP contribution < -0.4 is 4.74 Å². The van der Waals surface area contributed by atoms with Crippen LogP contribution in [-0.4, -0.2) is 52.8 Å². The zero-order valence-corrected chi connectivity index (χ0v) is 21.7. The summed E-state index contributed by atoms with van der Waals surface area (Å²) in [5.74, 6) is -0.772. The monoisotopic (exact) mass is 498 g/mol. The van der Waals surface area contributed by atoms with Gasteiger partial charge in [0.05, 0.1) is 11.6 Å². The van der Waals surface area contributed by atoms with Crippen molar-refractivity contribution >= 4 is 17.4 Å². The molecular weight excluding hydrogens is 464 g/mol. The number of aryl methyl sites for hydroxylation is 1. The van der Waals surface area contributed by atoms with E-state index in [-0.39, 0.29) is 11.3 Å². The number of benzene rings is 3. The molecule has 0 aliphatic carbocycles. The van der Waals surface area contributed by atoms with Crippen LogP contribution in [0.5, 0.6) is 5.75 Å². The maximum atomic E-state index is 13.2. The molecule has 192 valence electrons. The number of Topliss-reactive ketones (excluding diaryl/α,β-unsaturated/α-hetero) is 1. The van der Waals surface area contributed by atoms with Crippen molar-refractivity contribution in [2.45, 2.75) is 33.4 Å². The molecule has 1 amide bonds. The first-order valence-electron chi connectivity index (χ1n) is 12.8. The average molecular weight is 499 g/mol. The predicted octanol–water partition coefficient (Wildman–Crippen LogP) is 5.34. The Morgan fingerprint density at radius 1 is 0.946 bits per heavy atom. The molecule has 1 aliphatic heterocycles. The van der Waals surface area contributed by atoms with Crippen LogP contribution in [0, 0.1) is 6.92 Å². The molecule has 37 heavy (non-hydrogen) atoms. The van der Waals surface area contributed by atoms with Gasteiger partial charge in [-0.3, -0.25) is 9.59 Å². The molecule has 1 heterocycles. The van der Waals surface area contributed by atoms with Gasteiger partial charge in [0.15, 0.2) is 0 Å². The van der Waals surface area contributed by atoms with Crippen LogP contribution in [0.25, 0.3) is 5.76 Å². The van der Waals surface area contributed by atoms with Gasteiger partial charge in [-0.15, -0.1) is 0 Å². The van der Waals surface area contributed by atoms with E-state index in [1.807, 2.05) is 55.5 Å². The van der Waals surface area contributed by atoms with Gasteiger partial charge in [-0.05, 0) is 55.4 Å². The molecule has 0 spiro atoms. The molecule has 3 aromatic rings. The Morgan fingerprint density at radius 3 is 2.30 bits per heavy atom. The van der Waals surface area contributed by atoms with E-state index in [1.165, 1.54) is 5.56 Å². The number of hydrogen-bond donors (Lipinski definition) is 1. The van der Waals surface area contributed by atoms with Crippen molar-refractivity contribution in [3.05, 3.63) is 107 Å². The van der Waals surface area contributed by atoms with Crippen molar-refractivity contribution in [1.29, 1.82) is 0 Å². The van der Waals surface area contributed by atoms with Gasteiger partial charge in [0.25, 0.3) is 11.7 Å². The van der Waals surface area contributed by atoms with Gasteiger partial charge >= 0.3 is 0 Å². The molecule has 3 aromatic carbocycles. The van der Waals surface area contributed by atoms with Crippen molar-refractivity contribution in [2.75, 3.05) is 26.2 Å². The number of ketones is 1. The van der Waals surface area contributed by atoms with Crippen molar-refractivity contribution in [3.8, 4) is 5.75 Å². The first-order chi connectivity index (χ1) is 17.9. The summed E-state index contributed by atoms with van der Waals surface area (Å²) in [5.41, 5.74) is 3.61. The molecule has 6 heteroatoms. The third-order valence-electron chi connectivity index (χ3n) is 6.82. The summed E-state index contributed by atoms with van der Waals surface area (Å²) in [6, 6.07) is 23.8. The summed E-state index contributed by atoms with van der Waals surface area (Å²) in [6.07, 6.45) is 0. The summed E-state index contributed by atoms with van der Waals surface area (Å²) in [7, 11) is 0. The molecule has 1 unspecified atom stereocenters. The van der Waals surface area contributed by atoms with Gasteiger partial charge in [-0.2, -0.15) is 0 Å². The number of aliphatic hydroxyl groups excluding tert-OH is 1. The van der Waals surface area contributed by atoms with Crippen LogP contribution in [0.1, 0.15) is 42.1 Å². The number of aliphatic hydroxyl groups is 1. The fraction of sp³-hybridized carbons (Fsp3) is 0.290. The second-order valence-corrected chi connectivity index (χ2v) is 9.23. The maximum Gasteiger partial charge on any atom is 0.295 e. The van der Waals surface area contributed by atoms with Crippen LogP contribution in [-0.2, 0) is 16.2 Å². The van der Waals surface area contributed by atoms with E-state index in [9.17, 15) is 14.7 Å². The van der Waals surface area contributed by atoms with E-state index in [0.29, 0.717) is 31.0 Å². The van der Waals surface area contributed by atoms with Gasteiger partial charge in [0.2, 0.25) is 0 Å². The lowest BCUT2D eigenvalue weighted by Crippen LogP contribution is -2.38. The molecule has 1 atom stereocenters. The van der Waals surface area contributed by atoms with E-state index in [4.69, 9.17) is 4.74 Å². The molecule has 1 N–H and O–H groups in total. The van der Waals surface area contributed by atoms with Gasteiger partial charge in [-0.1, -0.05) is 74.0 Å². The van der Waals surface area contributed by atoms with Crippen LogP contribution >= 0.6 is 0 Å². The third kappa shape index (κ3) is 5.92. The third-order valence-corrected chi connectivity index (χ3v) is 6.82. The van der Waals surface area contributed by atoms with E-state index in [0.717, 1.165) is 24.2 Å². The number of rotatable bonds is 10. The largest absolute Gasteiger partial charge is 0.507 e. The Kier molecular flexibility index (Phi) is 8.41. The van der Waals surface area contributed by atoms with Crippen molar-refractivity contribution in [3.63, 3.8) is 0 Å². The lowest BCUT2D eigenvalue weighted by Gasteiger charge is -2.28. The number of amides is 1. The quantitative estimate of drug-likeness (QED) is 0.232. The topological polar surface area (TPSA) is 70.1 Å². The molecule has 6 nitrogen and oxygen atoms in total. The maximum absolute atomic E-state index is 13.2. The van der Waals surface area contributed by atoms with Gasteiger partial charge in [0, 0.05) is 18.7 Å². The summed E-state index contributed by atoms with van der Waals surface area (Å²) in [5, 5.41) is 11.3. The highest BCUT2D eigenvalue weighted by molar-refractivity contribution is 6.46. The van der Waals surface area contributed by atoms with Crippen molar-refractivity contribution in [2.24, 2.45) is 0 Å². The molecule has 1 saturated heterocycles. The number of nitrogens with zero attached hydrogens (tertiary/aromatic N) is 2. The lowest BCUT2D eigenvalue weighted by atomic mass is 9.95. The SMILES string of the molecule is CCN(CC)CCN1C(=O)C(=O)C(=C(O)c2ccc(OCc3cccc(C)c3)cc2)C1c1ccccc1. The van der Waals surface area contributed by atoms with Crippen LogP contribution in [0.3, 0.4) is 0 Å². The average Bonchev–Trinajstić information content (AvgIpc) is 3.18. The molecule has 0 saturated carbocycles. The fourth-order valence-corrected chi connectivity index (χ4v) is 4.71. The number of carbonyl (C=O) groups excluding carboxylic acids is 2. The van der Waals surface area contributed by atoms with Gasteiger partial charge in [-0.25, -0.2) is 0 Å². The normalized spacial score (nSPS) is 17.0. The summed E-state index contributed by atoms with van der Waals surface area (Å²) in [4.78, 5) is 30.1. The zero-order chi connectivity index (χ0) is 26.4. The van der Waals surface area contributed by atoms with Gasteiger partial charge < -0.3 is 19.6 Å². The highest BCUT2D eigenvalue weighted by Gasteiger charge is 2.45. The molecular formula is C31H34N2O4. The van der Waals surface area contributed by atoms with Crippen LogP contribution in [0.4, 0.5) is 0 Å². The second kappa shape index (κ2) is 11.9. The number of hydrogen-bond acceptors (Lipinski definition) is 5. The fourth-order valence-electron chi connectivity index (χ4n) is 4.71. The highest BCUT2D eigenvalue weighted by atomic mass is 16.5. The standard InChI is InChI=1S/C31H34N2O4/c1-4-32(5-2)18-19-33-28(24-12-7-6-8-13-24)27(30(35)31(33)36)29(34)25-14-16-26(17-15-25)37-21-23-11-9-10-22(3)20-23/h6-17,20,28,34H,4-5,18-19,21H2,1-3H3.